The molecule has 1 aliphatic heterocycles. The van der Waals surface area contributed by atoms with Gasteiger partial charge in [-0.15, -0.1) is 0 Å². The molecule has 1 fully saturated rings. The lowest BCUT2D eigenvalue weighted by atomic mass is 10.1. The van der Waals surface area contributed by atoms with E-state index in [-0.39, 0.29) is 5.97 Å². The van der Waals surface area contributed by atoms with Crippen molar-refractivity contribution in [2.75, 3.05) is 26.2 Å². The van der Waals surface area contributed by atoms with Crippen molar-refractivity contribution in [2.45, 2.75) is 38.5 Å². The van der Waals surface area contributed by atoms with Crippen molar-refractivity contribution in [1.29, 1.82) is 0 Å². The van der Waals surface area contributed by atoms with Crippen molar-refractivity contribution >= 4 is 17.6 Å². The number of piperidine rings is 1. The van der Waals surface area contributed by atoms with Gasteiger partial charge in [0.1, 0.15) is 0 Å². The molecule has 0 unspecified atom stereocenters. The van der Waals surface area contributed by atoms with Crippen LogP contribution in [-0.4, -0.2) is 37.1 Å². The number of aryl methyl sites for hydroxylation is 1. The number of benzene rings is 1. The van der Waals surface area contributed by atoms with Gasteiger partial charge in [0.25, 0.3) is 0 Å². The van der Waals surface area contributed by atoms with Gasteiger partial charge in [0.05, 0.1) is 13.0 Å². The van der Waals surface area contributed by atoms with Crippen LogP contribution in [0.15, 0.2) is 24.3 Å². The highest BCUT2D eigenvalue weighted by Crippen LogP contribution is 2.11. The number of hydrogen-bond donors (Lipinski definition) is 0. The second kappa shape index (κ2) is 9.06. The molecule has 0 atom stereocenters. The van der Waals surface area contributed by atoms with E-state index in [0.717, 1.165) is 37.5 Å². The largest absolute Gasteiger partial charge is 0.466 e. The average molecular weight is 310 g/mol. The minimum Gasteiger partial charge on any atom is -0.466 e. The van der Waals surface area contributed by atoms with Crippen LogP contribution in [0.1, 0.15) is 37.7 Å². The van der Waals surface area contributed by atoms with Crippen molar-refractivity contribution in [1.82, 2.24) is 4.90 Å². The van der Waals surface area contributed by atoms with Crippen LogP contribution in [-0.2, 0) is 16.0 Å². The van der Waals surface area contributed by atoms with E-state index in [4.69, 9.17) is 16.3 Å². The zero-order valence-electron chi connectivity index (χ0n) is 12.5. The van der Waals surface area contributed by atoms with Crippen molar-refractivity contribution in [3.63, 3.8) is 0 Å². The molecule has 0 N–H and O–H groups in total. The summed E-state index contributed by atoms with van der Waals surface area (Å²) in [6, 6.07) is 7.81. The first-order valence-electron chi connectivity index (χ1n) is 7.86. The lowest BCUT2D eigenvalue weighted by molar-refractivity contribution is -0.144. The van der Waals surface area contributed by atoms with Gasteiger partial charge in [-0.25, -0.2) is 0 Å². The van der Waals surface area contributed by atoms with Crippen LogP contribution in [0.25, 0.3) is 0 Å². The number of rotatable bonds is 7. The molecule has 0 amide bonds. The molecular formula is C17H24ClNO2. The molecular weight excluding hydrogens is 286 g/mol. The smallest absolute Gasteiger partial charge is 0.307 e. The highest BCUT2D eigenvalue weighted by molar-refractivity contribution is 6.30. The van der Waals surface area contributed by atoms with Crippen molar-refractivity contribution in [3.05, 3.63) is 34.9 Å². The van der Waals surface area contributed by atoms with Crippen LogP contribution >= 0.6 is 11.6 Å². The highest BCUT2D eigenvalue weighted by Gasteiger charge is 2.12. The zero-order chi connectivity index (χ0) is 14.9. The number of likely N-dealkylation sites (tertiary alicyclic amines) is 1. The Morgan fingerprint density at radius 2 is 1.86 bits per heavy atom. The summed E-state index contributed by atoms with van der Waals surface area (Å²) in [6.45, 7) is 3.60. The topological polar surface area (TPSA) is 29.5 Å². The summed E-state index contributed by atoms with van der Waals surface area (Å²) >= 11 is 5.84. The molecule has 4 heteroatoms. The van der Waals surface area contributed by atoms with Gasteiger partial charge < -0.3 is 9.64 Å². The summed E-state index contributed by atoms with van der Waals surface area (Å²) in [5.74, 6) is -0.0725. The quantitative estimate of drug-likeness (QED) is 0.568. The fraction of sp³-hybridized carbons (Fsp3) is 0.588. The summed E-state index contributed by atoms with van der Waals surface area (Å²) in [7, 11) is 0. The third-order valence-electron chi connectivity index (χ3n) is 3.87. The van der Waals surface area contributed by atoms with Crippen LogP contribution in [0.2, 0.25) is 5.02 Å². The molecule has 0 radical (unpaired) electrons. The standard InChI is InChI=1S/C17H24ClNO2/c18-16-8-6-15(7-9-16)5-4-14-21-17(20)10-13-19-11-2-1-3-12-19/h6-9H,1-5,10-14H2. The first-order valence-corrected chi connectivity index (χ1v) is 8.24. The van der Waals surface area contributed by atoms with E-state index >= 15 is 0 Å². The molecule has 0 saturated carbocycles. The molecule has 21 heavy (non-hydrogen) atoms. The molecule has 1 aromatic rings. The van der Waals surface area contributed by atoms with Crippen molar-refractivity contribution in [2.24, 2.45) is 0 Å². The van der Waals surface area contributed by atoms with Gasteiger partial charge in [-0.1, -0.05) is 30.2 Å². The third-order valence-corrected chi connectivity index (χ3v) is 4.12. The van der Waals surface area contributed by atoms with E-state index in [0.29, 0.717) is 13.0 Å². The molecule has 1 saturated heterocycles. The van der Waals surface area contributed by atoms with E-state index in [1.54, 1.807) is 0 Å². The monoisotopic (exact) mass is 309 g/mol. The summed E-state index contributed by atoms with van der Waals surface area (Å²) in [4.78, 5) is 14.0. The Bertz CT molecular complexity index is 427. The third kappa shape index (κ3) is 6.49. The second-order valence-electron chi connectivity index (χ2n) is 5.60. The van der Waals surface area contributed by atoms with Gasteiger partial charge in [-0.3, -0.25) is 4.79 Å². The van der Waals surface area contributed by atoms with Crippen molar-refractivity contribution in [3.8, 4) is 0 Å². The summed E-state index contributed by atoms with van der Waals surface area (Å²) < 4.78 is 5.29. The van der Waals surface area contributed by atoms with Crippen molar-refractivity contribution < 1.29 is 9.53 Å². The van der Waals surface area contributed by atoms with Crippen LogP contribution in [0.5, 0.6) is 0 Å². The molecule has 1 aliphatic rings. The summed E-state index contributed by atoms with van der Waals surface area (Å²) in [6.07, 6.45) is 6.13. The van der Waals surface area contributed by atoms with Gasteiger partial charge in [0.2, 0.25) is 0 Å². The molecule has 1 heterocycles. The van der Waals surface area contributed by atoms with Gasteiger partial charge >= 0.3 is 5.97 Å². The number of hydrogen-bond acceptors (Lipinski definition) is 3. The molecule has 2 rings (SSSR count). The normalized spacial score (nSPS) is 15.9. The summed E-state index contributed by atoms with van der Waals surface area (Å²) in [5, 5.41) is 0.753. The lowest BCUT2D eigenvalue weighted by Crippen LogP contribution is -2.31. The lowest BCUT2D eigenvalue weighted by Gasteiger charge is -2.25. The maximum atomic E-state index is 11.7. The number of carbonyl (C=O) groups is 1. The first kappa shape index (κ1) is 16.3. The number of esters is 1. The second-order valence-corrected chi connectivity index (χ2v) is 6.04. The van der Waals surface area contributed by atoms with Crippen LogP contribution in [0, 0.1) is 0 Å². The molecule has 0 aromatic heterocycles. The van der Waals surface area contributed by atoms with E-state index in [2.05, 4.69) is 4.90 Å². The Morgan fingerprint density at radius 3 is 2.57 bits per heavy atom. The Hall–Kier alpha value is -1.06. The molecule has 3 nitrogen and oxygen atoms in total. The van der Waals surface area contributed by atoms with Gasteiger partial charge in [-0.05, 0) is 56.5 Å². The first-order chi connectivity index (χ1) is 10.2. The Labute approximate surface area is 132 Å². The van der Waals surface area contributed by atoms with Gasteiger partial charge in [0.15, 0.2) is 0 Å². The Morgan fingerprint density at radius 1 is 1.14 bits per heavy atom. The van der Waals surface area contributed by atoms with Gasteiger partial charge in [0, 0.05) is 11.6 Å². The Balaban J connectivity index is 1.53. The number of nitrogens with zero attached hydrogens (tertiary/aromatic N) is 1. The van der Waals surface area contributed by atoms with E-state index in [1.807, 2.05) is 24.3 Å². The SMILES string of the molecule is O=C(CCN1CCCCC1)OCCCc1ccc(Cl)cc1. The molecule has 1 aromatic carbocycles. The van der Waals surface area contributed by atoms with Crippen LogP contribution < -0.4 is 0 Å². The summed E-state index contributed by atoms with van der Waals surface area (Å²) in [5.41, 5.74) is 1.23. The number of ether oxygens (including phenoxy) is 1. The number of halogens is 1. The van der Waals surface area contributed by atoms with Crippen LogP contribution in [0.4, 0.5) is 0 Å². The predicted molar refractivity (Wildman–Crippen MR) is 85.6 cm³/mol. The Kier molecular flexibility index (Phi) is 7.04. The molecule has 0 bridgehead atoms. The van der Waals surface area contributed by atoms with Crippen LogP contribution in [0.3, 0.4) is 0 Å². The van der Waals surface area contributed by atoms with Gasteiger partial charge in [-0.2, -0.15) is 0 Å². The highest BCUT2D eigenvalue weighted by atomic mass is 35.5. The maximum absolute atomic E-state index is 11.7. The van der Waals surface area contributed by atoms with E-state index < -0.39 is 0 Å². The maximum Gasteiger partial charge on any atom is 0.307 e. The fourth-order valence-corrected chi connectivity index (χ4v) is 2.74. The van der Waals surface area contributed by atoms with E-state index in [9.17, 15) is 4.79 Å². The minimum absolute atomic E-state index is 0.0725. The zero-order valence-corrected chi connectivity index (χ0v) is 13.3. The predicted octanol–water partition coefficient (Wildman–Crippen LogP) is 3.69. The fourth-order valence-electron chi connectivity index (χ4n) is 2.62. The average Bonchev–Trinajstić information content (AvgIpc) is 2.52. The molecule has 0 spiro atoms. The molecule has 116 valence electrons. The minimum atomic E-state index is -0.0725. The van der Waals surface area contributed by atoms with E-state index in [1.165, 1.54) is 24.8 Å². The molecule has 0 aliphatic carbocycles. The number of carbonyl (C=O) groups excluding carboxylic acids is 1.